The van der Waals surface area contributed by atoms with Crippen LogP contribution in [0.5, 0.6) is 0 Å². The minimum atomic E-state index is -1.54. The molecule has 0 fully saturated rings. The predicted molar refractivity (Wildman–Crippen MR) is 106 cm³/mol. The molecule has 2 aromatic rings. The van der Waals surface area contributed by atoms with Crippen molar-refractivity contribution >= 4 is 23.4 Å². The maximum atomic E-state index is 14.1. The van der Waals surface area contributed by atoms with Crippen LogP contribution >= 0.6 is 0 Å². The van der Waals surface area contributed by atoms with Crippen LogP contribution in [0.2, 0.25) is 0 Å². The molecule has 1 unspecified atom stereocenters. The van der Waals surface area contributed by atoms with E-state index in [0.717, 1.165) is 4.90 Å². The highest BCUT2D eigenvalue weighted by Gasteiger charge is 2.33. The summed E-state index contributed by atoms with van der Waals surface area (Å²) in [6, 6.07) is 9.58. The average Bonchev–Trinajstić information content (AvgIpc) is 2.74. The first-order chi connectivity index (χ1) is 13.8. The number of carbonyl (C=O) groups is 3. The Morgan fingerprint density at radius 2 is 1.69 bits per heavy atom. The lowest BCUT2D eigenvalue weighted by atomic mass is 10.0. The molecule has 0 heterocycles. The number of benzene rings is 2. The first kappa shape index (κ1) is 21.8. The molecule has 0 bridgehead atoms. The molecule has 0 spiro atoms. The zero-order valence-corrected chi connectivity index (χ0v) is 16.3. The molecule has 8 nitrogen and oxygen atoms in total. The molecule has 0 aliphatic heterocycles. The Balaban J connectivity index is 2.24. The van der Waals surface area contributed by atoms with Gasteiger partial charge in [-0.2, -0.15) is 0 Å². The fourth-order valence-corrected chi connectivity index (χ4v) is 2.82. The molecule has 3 amide bonds. The SMILES string of the molecule is CCNc1ccc(-c2ccc(C(=O)N(C)C(C(=O)NC)C(=O)NO)cc2)cc1F. The Morgan fingerprint density at radius 3 is 2.21 bits per heavy atom. The van der Waals surface area contributed by atoms with Crippen molar-refractivity contribution < 1.29 is 24.0 Å². The van der Waals surface area contributed by atoms with Gasteiger partial charge in [-0.25, -0.2) is 9.87 Å². The van der Waals surface area contributed by atoms with Crippen LogP contribution in [-0.2, 0) is 9.59 Å². The van der Waals surface area contributed by atoms with Gasteiger partial charge in [-0.15, -0.1) is 0 Å². The highest BCUT2D eigenvalue weighted by molar-refractivity contribution is 6.08. The van der Waals surface area contributed by atoms with Crippen LogP contribution in [0.3, 0.4) is 0 Å². The van der Waals surface area contributed by atoms with Crippen molar-refractivity contribution in [1.29, 1.82) is 0 Å². The van der Waals surface area contributed by atoms with E-state index in [0.29, 0.717) is 23.4 Å². The number of hydroxylamine groups is 1. The van der Waals surface area contributed by atoms with E-state index in [1.807, 2.05) is 6.92 Å². The fourth-order valence-electron chi connectivity index (χ4n) is 2.82. The Bertz CT molecular complexity index is 886. The summed E-state index contributed by atoms with van der Waals surface area (Å²) < 4.78 is 14.1. The molecule has 0 saturated carbocycles. The van der Waals surface area contributed by atoms with E-state index < -0.39 is 23.8 Å². The van der Waals surface area contributed by atoms with Crippen LogP contribution in [0.15, 0.2) is 42.5 Å². The van der Waals surface area contributed by atoms with Gasteiger partial charge in [-0.3, -0.25) is 19.6 Å². The second-order valence-corrected chi connectivity index (χ2v) is 6.21. The molecular weight excluding hydrogens is 379 g/mol. The van der Waals surface area contributed by atoms with Crippen molar-refractivity contribution in [2.75, 3.05) is 26.0 Å². The molecule has 1 atom stereocenters. The summed E-state index contributed by atoms with van der Waals surface area (Å²) in [6.45, 7) is 2.48. The van der Waals surface area contributed by atoms with E-state index in [9.17, 15) is 18.8 Å². The third-order valence-electron chi connectivity index (χ3n) is 4.36. The van der Waals surface area contributed by atoms with Gasteiger partial charge < -0.3 is 15.5 Å². The van der Waals surface area contributed by atoms with Gasteiger partial charge in [0.2, 0.25) is 0 Å². The smallest absolute Gasteiger partial charge is 0.275 e. The van der Waals surface area contributed by atoms with Crippen LogP contribution in [0, 0.1) is 5.82 Å². The largest absolute Gasteiger partial charge is 0.383 e. The van der Waals surface area contributed by atoms with Gasteiger partial charge in [0, 0.05) is 26.2 Å². The van der Waals surface area contributed by atoms with Crippen molar-refractivity contribution in [3.8, 4) is 11.1 Å². The molecule has 2 aromatic carbocycles. The van der Waals surface area contributed by atoms with E-state index in [2.05, 4.69) is 10.6 Å². The summed E-state index contributed by atoms with van der Waals surface area (Å²) in [6.07, 6.45) is 0. The maximum Gasteiger partial charge on any atom is 0.275 e. The molecular formula is C20H23FN4O4. The number of halogens is 1. The van der Waals surface area contributed by atoms with E-state index in [-0.39, 0.29) is 11.4 Å². The highest BCUT2D eigenvalue weighted by atomic mass is 19.1. The number of nitrogens with one attached hydrogen (secondary N) is 3. The van der Waals surface area contributed by atoms with Crippen LogP contribution in [-0.4, -0.2) is 54.5 Å². The van der Waals surface area contributed by atoms with Crippen molar-refractivity contribution in [2.45, 2.75) is 13.0 Å². The Kier molecular flexibility index (Phi) is 7.27. The zero-order chi connectivity index (χ0) is 21.6. The fraction of sp³-hybridized carbons (Fsp3) is 0.250. The van der Waals surface area contributed by atoms with E-state index in [1.54, 1.807) is 24.3 Å². The minimum Gasteiger partial charge on any atom is -0.383 e. The van der Waals surface area contributed by atoms with Gasteiger partial charge >= 0.3 is 0 Å². The molecule has 29 heavy (non-hydrogen) atoms. The molecule has 0 saturated heterocycles. The van der Waals surface area contributed by atoms with E-state index in [4.69, 9.17) is 5.21 Å². The van der Waals surface area contributed by atoms with Crippen LogP contribution in [0.25, 0.3) is 11.1 Å². The normalized spacial score (nSPS) is 11.3. The second kappa shape index (κ2) is 9.65. The lowest BCUT2D eigenvalue weighted by Crippen LogP contribution is -2.54. The Hall–Kier alpha value is -3.46. The summed E-state index contributed by atoms with van der Waals surface area (Å²) in [5, 5.41) is 14.0. The first-order valence-corrected chi connectivity index (χ1v) is 8.90. The van der Waals surface area contributed by atoms with Crippen LogP contribution < -0.4 is 16.1 Å². The van der Waals surface area contributed by atoms with Crippen molar-refractivity contribution in [1.82, 2.24) is 15.7 Å². The number of carbonyl (C=O) groups excluding carboxylic acids is 3. The van der Waals surface area contributed by atoms with Gasteiger partial charge in [0.25, 0.3) is 17.7 Å². The molecule has 0 radical (unpaired) electrons. The highest BCUT2D eigenvalue weighted by Crippen LogP contribution is 2.25. The summed E-state index contributed by atoms with van der Waals surface area (Å²) in [4.78, 5) is 37.3. The first-order valence-electron chi connectivity index (χ1n) is 8.90. The number of amides is 3. The maximum absolute atomic E-state index is 14.1. The molecule has 2 rings (SSSR count). The number of hydrogen-bond acceptors (Lipinski definition) is 5. The Morgan fingerprint density at radius 1 is 1.07 bits per heavy atom. The molecule has 4 N–H and O–H groups in total. The third kappa shape index (κ3) is 4.88. The number of rotatable bonds is 7. The van der Waals surface area contributed by atoms with Crippen LogP contribution in [0.1, 0.15) is 17.3 Å². The monoisotopic (exact) mass is 402 g/mol. The number of likely N-dealkylation sites (N-methyl/N-ethyl adjacent to an activating group) is 2. The second-order valence-electron chi connectivity index (χ2n) is 6.21. The van der Waals surface area contributed by atoms with Gasteiger partial charge in [0.1, 0.15) is 5.82 Å². The predicted octanol–water partition coefficient (Wildman–Crippen LogP) is 1.62. The zero-order valence-electron chi connectivity index (χ0n) is 16.3. The van der Waals surface area contributed by atoms with Gasteiger partial charge in [0.15, 0.2) is 6.04 Å². The Labute approximate surface area is 167 Å². The standard InChI is InChI=1S/C20H23FN4O4/c1-4-23-16-10-9-14(11-15(16)21)12-5-7-13(8-6-12)20(28)25(3)17(18(26)22-2)19(27)24-29/h5-11,17,23,29H,4H2,1-3H3,(H,22,26)(H,24,27). The average molecular weight is 402 g/mol. The number of hydrogen-bond donors (Lipinski definition) is 4. The molecule has 0 aromatic heterocycles. The van der Waals surface area contributed by atoms with Crippen molar-refractivity contribution in [2.24, 2.45) is 0 Å². The van der Waals surface area contributed by atoms with E-state index >= 15 is 0 Å². The molecule has 0 aliphatic rings. The molecule has 154 valence electrons. The van der Waals surface area contributed by atoms with Crippen molar-refractivity contribution in [3.05, 3.63) is 53.8 Å². The van der Waals surface area contributed by atoms with Gasteiger partial charge in [-0.05, 0) is 42.3 Å². The minimum absolute atomic E-state index is 0.223. The van der Waals surface area contributed by atoms with Gasteiger partial charge in [-0.1, -0.05) is 18.2 Å². The van der Waals surface area contributed by atoms with E-state index in [1.165, 1.54) is 37.8 Å². The topological polar surface area (TPSA) is 111 Å². The molecule has 0 aliphatic carbocycles. The molecule has 9 heteroatoms. The third-order valence-corrected chi connectivity index (χ3v) is 4.36. The number of anilines is 1. The number of nitrogens with zero attached hydrogens (tertiary/aromatic N) is 1. The lowest BCUT2D eigenvalue weighted by molar-refractivity contribution is -0.140. The summed E-state index contributed by atoms with van der Waals surface area (Å²) >= 11 is 0. The van der Waals surface area contributed by atoms with Crippen molar-refractivity contribution in [3.63, 3.8) is 0 Å². The quantitative estimate of drug-likeness (QED) is 0.320. The van der Waals surface area contributed by atoms with Crippen LogP contribution in [0.4, 0.5) is 10.1 Å². The summed E-state index contributed by atoms with van der Waals surface area (Å²) in [5.74, 6) is -2.76. The van der Waals surface area contributed by atoms with Gasteiger partial charge in [0.05, 0.1) is 5.69 Å². The lowest BCUT2D eigenvalue weighted by Gasteiger charge is -2.25. The summed E-state index contributed by atoms with van der Waals surface area (Å²) in [7, 11) is 2.59. The summed E-state index contributed by atoms with van der Waals surface area (Å²) in [5.41, 5.74) is 3.35.